The first-order valence-electron chi connectivity index (χ1n) is 8.53. The van der Waals surface area contributed by atoms with Crippen LogP contribution in [0.15, 0.2) is 28.0 Å². The van der Waals surface area contributed by atoms with Crippen LogP contribution in [0.3, 0.4) is 0 Å². The molecule has 134 valence electrons. The van der Waals surface area contributed by atoms with Gasteiger partial charge in [0, 0.05) is 22.3 Å². The number of unbranched alkanes of at least 4 members (excludes halogenated alkanes) is 1. The van der Waals surface area contributed by atoms with Crippen LogP contribution >= 0.6 is 11.8 Å². The summed E-state index contributed by atoms with van der Waals surface area (Å²) >= 11 is 1.57. The van der Waals surface area contributed by atoms with Gasteiger partial charge in [0.15, 0.2) is 0 Å². The minimum atomic E-state index is -3.87. The van der Waals surface area contributed by atoms with E-state index in [-0.39, 0.29) is 10.8 Å². The second kappa shape index (κ2) is 8.87. The maximum absolute atomic E-state index is 12.1. The molecule has 1 aliphatic carbocycles. The largest absolute Gasteiger partial charge is 0.352 e. The van der Waals surface area contributed by atoms with E-state index in [1.54, 1.807) is 23.9 Å². The standard InChI is InChI=1S/C17H26N2O3S2/c1-2-3-11-19-17(20)13-9-10-15(16(12-13)24(18,21)22)23-14-7-5-4-6-8-14/h9-10,12,14H,2-8,11H2,1H3,(H,19,20)(H2,18,21,22). The zero-order valence-corrected chi connectivity index (χ0v) is 15.7. The summed E-state index contributed by atoms with van der Waals surface area (Å²) in [4.78, 5) is 12.9. The number of amides is 1. The van der Waals surface area contributed by atoms with Crippen molar-refractivity contribution in [3.63, 3.8) is 0 Å². The molecule has 0 spiro atoms. The third kappa shape index (κ3) is 5.50. The lowest BCUT2D eigenvalue weighted by atomic mass is 10.0. The number of sulfonamides is 1. The molecule has 2 rings (SSSR count). The number of nitrogens with two attached hydrogens (primary N) is 1. The van der Waals surface area contributed by atoms with Crippen LogP contribution in [0, 0.1) is 0 Å². The van der Waals surface area contributed by atoms with Crippen LogP contribution in [0.1, 0.15) is 62.2 Å². The van der Waals surface area contributed by atoms with Crippen molar-refractivity contribution in [1.82, 2.24) is 5.32 Å². The lowest BCUT2D eigenvalue weighted by Crippen LogP contribution is -2.25. The van der Waals surface area contributed by atoms with E-state index >= 15 is 0 Å². The molecule has 0 aliphatic heterocycles. The fourth-order valence-electron chi connectivity index (χ4n) is 2.81. The maximum Gasteiger partial charge on any atom is 0.251 e. The third-order valence-electron chi connectivity index (χ3n) is 4.17. The fraction of sp³-hybridized carbons (Fsp3) is 0.588. The molecule has 1 saturated carbocycles. The molecule has 0 unspecified atom stereocenters. The number of primary sulfonamides is 1. The van der Waals surface area contributed by atoms with Crippen LogP contribution in [0.4, 0.5) is 0 Å². The minimum Gasteiger partial charge on any atom is -0.352 e. The number of benzene rings is 1. The van der Waals surface area contributed by atoms with Crippen molar-refractivity contribution >= 4 is 27.7 Å². The predicted octanol–water partition coefficient (Wildman–Crippen LogP) is 3.29. The van der Waals surface area contributed by atoms with Crippen molar-refractivity contribution in [1.29, 1.82) is 0 Å². The molecule has 0 heterocycles. The Hall–Kier alpha value is -1.05. The third-order valence-corrected chi connectivity index (χ3v) is 6.67. The molecule has 1 aromatic rings. The second-order valence-corrected chi connectivity index (χ2v) is 9.07. The molecule has 1 aliphatic rings. The van der Waals surface area contributed by atoms with Crippen molar-refractivity contribution in [3.8, 4) is 0 Å². The van der Waals surface area contributed by atoms with Gasteiger partial charge in [-0.3, -0.25) is 4.79 Å². The number of carbonyl (C=O) groups excluding carboxylic acids is 1. The molecule has 5 nitrogen and oxygen atoms in total. The molecule has 1 amide bonds. The molecule has 0 bridgehead atoms. The van der Waals surface area contributed by atoms with Crippen molar-refractivity contribution in [2.24, 2.45) is 5.14 Å². The lowest BCUT2D eigenvalue weighted by molar-refractivity contribution is 0.0953. The SMILES string of the molecule is CCCCNC(=O)c1ccc(SC2CCCCC2)c(S(N)(=O)=O)c1. The van der Waals surface area contributed by atoms with Crippen LogP contribution in [-0.4, -0.2) is 26.1 Å². The average Bonchev–Trinajstić information content (AvgIpc) is 2.55. The molecule has 7 heteroatoms. The van der Waals surface area contributed by atoms with Gasteiger partial charge in [-0.1, -0.05) is 32.6 Å². The molecule has 1 fully saturated rings. The van der Waals surface area contributed by atoms with Gasteiger partial charge in [0.2, 0.25) is 10.0 Å². The van der Waals surface area contributed by atoms with Crippen LogP contribution in [0.5, 0.6) is 0 Å². The first-order valence-corrected chi connectivity index (χ1v) is 11.0. The Bertz CT molecular complexity index is 668. The van der Waals surface area contributed by atoms with Crippen molar-refractivity contribution in [2.75, 3.05) is 6.54 Å². The Morgan fingerprint density at radius 2 is 2.00 bits per heavy atom. The van der Waals surface area contributed by atoms with Crippen molar-refractivity contribution < 1.29 is 13.2 Å². The molecule has 0 saturated heterocycles. The predicted molar refractivity (Wildman–Crippen MR) is 97.8 cm³/mol. The van der Waals surface area contributed by atoms with E-state index in [1.165, 1.54) is 25.3 Å². The van der Waals surface area contributed by atoms with E-state index in [4.69, 9.17) is 5.14 Å². The summed E-state index contributed by atoms with van der Waals surface area (Å²) in [6.07, 6.45) is 7.67. The molecular weight excluding hydrogens is 344 g/mol. The lowest BCUT2D eigenvalue weighted by Gasteiger charge is -2.22. The molecule has 0 aromatic heterocycles. The van der Waals surface area contributed by atoms with Gasteiger partial charge in [0.1, 0.15) is 0 Å². The van der Waals surface area contributed by atoms with E-state index < -0.39 is 10.0 Å². The quantitative estimate of drug-likeness (QED) is 0.721. The van der Waals surface area contributed by atoms with Gasteiger partial charge < -0.3 is 5.32 Å². The monoisotopic (exact) mass is 370 g/mol. The Morgan fingerprint density at radius 3 is 2.62 bits per heavy atom. The highest BCUT2D eigenvalue weighted by Crippen LogP contribution is 2.36. The number of hydrogen-bond acceptors (Lipinski definition) is 4. The summed E-state index contributed by atoms with van der Waals surface area (Å²) in [5.41, 5.74) is 0.336. The normalized spacial score (nSPS) is 16.1. The Balaban J connectivity index is 2.20. The highest BCUT2D eigenvalue weighted by atomic mass is 32.2. The molecular formula is C17H26N2O3S2. The Labute approximate surface area is 148 Å². The van der Waals surface area contributed by atoms with Crippen molar-refractivity contribution in [3.05, 3.63) is 23.8 Å². The first kappa shape index (κ1) is 19.3. The number of thioether (sulfide) groups is 1. The maximum atomic E-state index is 12.1. The molecule has 0 atom stereocenters. The highest BCUT2D eigenvalue weighted by molar-refractivity contribution is 8.00. The number of hydrogen-bond donors (Lipinski definition) is 2. The Kier molecular flexibility index (Phi) is 7.13. The zero-order valence-electron chi connectivity index (χ0n) is 14.1. The van der Waals surface area contributed by atoms with Gasteiger partial charge in [-0.15, -0.1) is 11.8 Å². The van der Waals surface area contributed by atoms with E-state index in [0.717, 1.165) is 25.7 Å². The van der Waals surface area contributed by atoms with Gasteiger partial charge in [0.05, 0.1) is 4.90 Å². The van der Waals surface area contributed by atoms with Crippen LogP contribution in [0.2, 0.25) is 0 Å². The summed E-state index contributed by atoms with van der Waals surface area (Å²) in [6.45, 7) is 2.63. The van der Waals surface area contributed by atoms with E-state index in [9.17, 15) is 13.2 Å². The number of nitrogens with one attached hydrogen (secondary N) is 1. The van der Waals surface area contributed by atoms with Crippen LogP contribution < -0.4 is 10.5 Å². The second-order valence-electron chi connectivity index (χ2n) is 6.19. The highest BCUT2D eigenvalue weighted by Gasteiger charge is 2.21. The first-order chi connectivity index (χ1) is 11.4. The number of carbonyl (C=O) groups is 1. The minimum absolute atomic E-state index is 0.0567. The van der Waals surface area contributed by atoms with Gasteiger partial charge in [-0.05, 0) is 37.5 Å². The number of rotatable bonds is 7. The van der Waals surface area contributed by atoms with Crippen LogP contribution in [-0.2, 0) is 10.0 Å². The van der Waals surface area contributed by atoms with E-state index in [2.05, 4.69) is 5.32 Å². The molecule has 0 radical (unpaired) electrons. The summed E-state index contributed by atoms with van der Waals surface area (Å²) in [6, 6.07) is 4.80. The molecule has 1 aromatic carbocycles. The summed E-state index contributed by atoms with van der Waals surface area (Å²) < 4.78 is 23.9. The summed E-state index contributed by atoms with van der Waals surface area (Å²) in [5, 5.41) is 8.60. The molecule has 24 heavy (non-hydrogen) atoms. The Morgan fingerprint density at radius 1 is 1.29 bits per heavy atom. The van der Waals surface area contributed by atoms with Gasteiger partial charge in [-0.25, -0.2) is 13.6 Å². The zero-order chi connectivity index (χ0) is 17.6. The van der Waals surface area contributed by atoms with E-state index in [0.29, 0.717) is 22.3 Å². The fourth-order valence-corrected chi connectivity index (χ4v) is 5.19. The van der Waals surface area contributed by atoms with Gasteiger partial charge in [-0.2, -0.15) is 0 Å². The van der Waals surface area contributed by atoms with Gasteiger partial charge in [0.25, 0.3) is 5.91 Å². The molecule has 3 N–H and O–H groups in total. The smallest absolute Gasteiger partial charge is 0.251 e. The average molecular weight is 371 g/mol. The van der Waals surface area contributed by atoms with E-state index in [1.807, 2.05) is 6.92 Å². The van der Waals surface area contributed by atoms with Crippen molar-refractivity contribution in [2.45, 2.75) is 66.9 Å². The summed E-state index contributed by atoms with van der Waals surface area (Å²) in [5.74, 6) is -0.262. The van der Waals surface area contributed by atoms with Gasteiger partial charge >= 0.3 is 0 Å². The van der Waals surface area contributed by atoms with Crippen LogP contribution in [0.25, 0.3) is 0 Å². The summed E-state index contributed by atoms with van der Waals surface area (Å²) in [7, 11) is -3.87. The topological polar surface area (TPSA) is 89.3 Å².